The van der Waals surface area contributed by atoms with Gasteiger partial charge in [-0.2, -0.15) is 10.5 Å². The number of para-hydroxylation sites is 4. The van der Waals surface area contributed by atoms with Crippen LogP contribution in [0.2, 0.25) is 0 Å². The van der Waals surface area contributed by atoms with Crippen molar-refractivity contribution in [2.75, 3.05) is 9.80 Å². The lowest BCUT2D eigenvalue weighted by molar-refractivity contribution is 0.974. The standard InChI is InChI=1S/C45H32N4/c1-30-13-9-11-19-41(30)48(36-15-5-3-6-16-36)29-40-34(27-46)25-32-22-24-39-44-33(21-23-38(40)43(32)44)26-35(28-47)45(39)49(37-17-7-4-8-18-37)42-20-12-10-14-31(42)2/h3-26H,29H2,1-2H3. The van der Waals surface area contributed by atoms with Gasteiger partial charge in [-0.25, -0.2) is 0 Å². The molecule has 0 saturated carbocycles. The van der Waals surface area contributed by atoms with Gasteiger partial charge in [0.15, 0.2) is 0 Å². The zero-order valence-corrected chi connectivity index (χ0v) is 27.4. The zero-order chi connectivity index (χ0) is 33.5. The Kier molecular flexibility index (Phi) is 7.41. The van der Waals surface area contributed by atoms with Gasteiger partial charge in [0.05, 0.1) is 29.4 Å². The number of hydrogen-bond donors (Lipinski definition) is 0. The first-order valence-corrected chi connectivity index (χ1v) is 16.4. The summed E-state index contributed by atoms with van der Waals surface area (Å²) in [5.74, 6) is 0. The summed E-state index contributed by atoms with van der Waals surface area (Å²) >= 11 is 0. The molecule has 0 aliphatic rings. The molecule has 8 aromatic carbocycles. The Hall–Kier alpha value is -6.62. The van der Waals surface area contributed by atoms with Crippen LogP contribution in [-0.2, 0) is 6.54 Å². The summed E-state index contributed by atoms with van der Waals surface area (Å²) in [5.41, 5.74) is 9.51. The normalized spacial score (nSPS) is 11.1. The fraction of sp³-hybridized carbons (Fsp3) is 0.0667. The molecule has 0 spiro atoms. The average molecular weight is 629 g/mol. The molecule has 0 aliphatic carbocycles. The minimum atomic E-state index is 0.515. The molecule has 0 N–H and O–H groups in total. The van der Waals surface area contributed by atoms with Crippen LogP contribution in [0.15, 0.2) is 146 Å². The Morgan fingerprint density at radius 2 is 1.02 bits per heavy atom. The lowest BCUT2D eigenvalue weighted by Gasteiger charge is -2.30. The van der Waals surface area contributed by atoms with E-state index < -0.39 is 0 Å². The van der Waals surface area contributed by atoms with Crippen molar-refractivity contribution in [2.45, 2.75) is 20.4 Å². The molecule has 0 aromatic heterocycles. The Labute approximate surface area is 286 Å². The molecule has 8 aromatic rings. The van der Waals surface area contributed by atoms with Crippen molar-refractivity contribution in [1.82, 2.24) is 0 Å². The topological polar surface area (TPSA) is 54.1 Å². The molecule has 0 heterocycles. The van der Waals surface area contributed by atoms with E-state index in [2.05, 4.69) is 133 Å². The highest BCUT2D eigenvalue weighted by molar-refractivity contribution is 6.27. The van der Waals surface area contributed by atoms with Crippen LogP contribution in [0.25, 0.3) is 32.3 Å². The number of nitrogens with zero attached hydrogens (tertiary/aromatic N) is 4. The van der Waals surface area contributed by atoms with Crippen molar-refractivity contribution in [3.63, 3.8) is 0 Å². The van der Waals surface area contributed by atoms with Crippen molar-refractivity contribution in [2.24, 2.45) is 0 Å². The molecule has 0 amide bonds. The molecule has 0 fully saturated rings. The molecule has 0 saturated heterocycles. The van der Waals surface area contributed by atoms with Crippen molar-refractivity contribution in [3.05, 3.63) is 173 Å². The average Bonchev–Trinajstić information content (AvgIpc) is 3.15. The summed E-state index contributed by atoms with van der Waals surface area (Å²) in [4.78, 5) is 4.52. The summed E-state index contributed by atoms with van der Waals surface area (Å²) in [7, 11) is 0. The second-order valence-corrected chi connectivity index (χ2v) is 12.5. The highest BCUT2D eigenvalue weighted by Crippen LogP contribution is 2.47. The van der Waals surface area contributed by atoms with E-state index in [0.29, 0.717) is 17.7 Å². The largest absolute Gasteiger partial charge is 0.337 e. The van der Waals surface area contributed by atoms with Crippen LogP contribution in [0.1, 0.15) is 27.8 Å². The molecule has 0 unspecified atom stereocenters. The van der Waals surface area contributed by atoms with Crippen LogP contribution in [0, 0.1) is 36.5 Å². The molecule has 0 aliphatic heterocycles. The quantitative estimate of drug-likeness (QED) is 0.165. The minimum Gasteiger partial charge on any atom is -0.337 e. The van der Waals surface area contributed by atoms with Crippen molar-refractivity contribution in [1.29, 1.82) is 10.5 Å². The molecule has 8 rings (SSSR count). The van der Waals surface area contributed by atoms with Crippen LogP contribution < -0.4 is 9.80 Å². The van der Waals surface area contributed by atoms with Gasteiger partial charge in [0.1, 0.15) is 6.07 Å². The van der Waals surface area contributed by atoms with Gasteiger partial charge >= 0.3 is 0 Å². The molecule has 0 radical (unpaired) electrons. The lowest BCUT2D eigenvalue weighted by Crippen LogP contribution is -2.18. The number of hydrogen-bond acceptors (Lipinski definition) is 4. The summed E-state index contributed by atoms with van der Waals surface area (Å²) in [6.45, 7) is 4.75. The first-order chi connectivity index (χ1) is 24.1. The SMILES string of the molecule is Cc1ccccc1N(Cc1c(C#N)cc2ccc3c(N(c4ccccc4)c4ccccc4C)c(C#N)cc4ccc1c2c43)c1ccccc1. The fourth-order valence-corrected chi connectivity index (χ4v) is 7.32. The molecule has 0 bridgehead atoms. The monoisotopic (exact) mass is 628 g/mol. The molecule has 0 atom stereocenters. The van der Waals surface area contributed by atoms with Gasteiger partial charge in [-0.15, -0.1) is 0 Å². The summed E-state index contributed by atoms with van der Waals surface area (Å²) in [5, 5.41) is 27.4. The smallest absolute Gasteiger partial charge is 0.101 e. The molecular weight excluding hydrogens is 597 g/mol. The third-order valence-corrected chi connectivity index (χ3v) is 9.61. The van der Waals surface area contributed by atoms with E-state index in [-0.39, 0.29) is 0 Å². The Morgan fingerprint density at radius 3 is 1.63 bits per heavy atom. The predicted octanol–water partition coefficient (Wildman–Crippen LogP) is 11.8. The van der Waals surface area contributed by atoms with E-state index in [9.17, 15) is 10.5 Å². The second kappa shape index (κ2) is 12.2. The molecular formula is C45H32N4. The maximum atomic E-state index is 10.6. The molecule has 4 nitrogen and oxygen atoms in total. The first-order valence-electron chi connectivity index (χ1n) is 16.4. The fourth-order valence-electron chi connectivity index (χ4n) is 7.32. The van der Waals surface area contributed by atoms with Crippen LogP contribution in [0.5, 0.6) is 0 Å². The Bertz CT molecular complexity index is 2580. The summed E-state index contributed by atoms with van der Waals surface area (Å²) in [6.07, 6.45) is 0. The highest BCUT2D eigenvalue weighted by atomic mass is 15.2. The highest BCUT2D eigenvalue weighted by Gasteiger charge is 2.25. The Balaban J connectivity index is 1.43. The summed E-state index contributed by atoms with van der Waals surface area (Å²) < 4.78 is 0. The third kappa shape index (κ3) is 4.99. The van der Waals surface area contributed by atoms with Crippen molar-refractivity contribution in [3.8, 4) is 12.1 Å². The number of nitriles is 2. The van der Waals surface area contributed by atoms with Gasteiger partial charge < -0.3 is 9.80 Å². The second-order valence-electron chi connectivity index (χ2n) is 12.5. The molecule has 49 heavy (non-hydrogen) atoms. The Morgan fingerprint density at radius 1 is 0.510 bits per heavy atom. The lowest BCUT2D eigenvalue weighted by atomic mass is 9.87. The number of benzene rings is 8. The van der Waals surface area contributed by atoms with Gasteiger partial charge in [0.25, 0.3) is 0 Å². The minimum absolute atomic E-state index is 0.515. The predicted molar refractivity (Wildman–Crippen MR) is 202 cm³/mol. The molecule has 4 heteroatoms. The van der Waals surface area contributed by atoms with Gasteiger partial charge in [-0.3, -0.25) is 0 Å². The van der Waals surface area contributed by atoms with Crippen LogP contribution in [0.4, 0.5) is 28.4 Å². The van der Waals surface area contributed by atoms with E-state index in [1.54, 1.807) is 0 Å². The van der Waals surface area contributed by atoms with Gasteiger partial charge in [-0.05, 0) is 106 Å². The first kappa shape index (κ1) is 29.8. The van der Waals surface area contributed by atoms with Crippen LogP contribution in [0.3, 0.4) is 0 Å². The van der Waals surface area contributed by atoms with Crippen molar-refractivity contribution < 1.29 is 0 Å². The van der Waals surface area contributed by atoms with E-state index in [1.807, 2.05) is 48.5 Å². The third-order valence-electron chi connectivity index (χ3n) is 9.61. The number of anilines is 5. The van der Waals surface area contributed by atoms with E-state index in [1.165, 1.54) is 0 Å². The zero-order valence-electron chi connectivity index (χ0n) is 27.4. The van der Waals surface area contributed by atoms with E-state index >= 15 is 0 Å². The number of aryl methyl sites for hydroxylation is 2. The van der Waals surface area contributed by atoms with Crippen LogP contribution in [-0.4, -0.2) is 0 Å². The van der Waals surface area contributed by atoms with E-state index in [4.69, 9.17) is 0 Å². The van der Waals surface area contributed by atoms with Gasteiger partial charge in [0.2, 0.25) is 0 Å². The van der Waals surface area contributed by atoms with Crippen LogP contribution >= 0.6 is 0 Å². The maximum Gasteiger partial charge on any atom is 0.101 e. The number of rotatable bonds is 7. The van der Waals surface area contributed by atoms with Crippen molar-refractivity contribution >= 4 is 60.8 Å². The molecule has 232 valence electrons. The summed E-state index contributed by atoms with van der Waals surface area (Å²) in [6, 6.07) is 54.9. The van der Waals surface area contributed by atoms with Gasteiger partial charge in [0, 0.05) is 28.1 Å². The maximum absolute atomic E-state index is 10.6. The van der Waals surface area contributed by atoms with Gasteiger partial charge in [-0.1, -0.05) is 97.1 Å². The van der Waals surface area contributed by atoms with E-state index in [0.717, 1.165) is 77.4 Å².